The standard InChI is InChI=1S/C18H24NO3S.2H2/c1-5-19(4,6-2)18(21,22-7-3)17(20,15-11-8-9-12-15)16-13-10-14-23-16;;/h1-2,10,13-15,20-21H,7-9,11-12H2,3-4H3;2*1H/q+1;;. The lowest BCUT2D eigenvalue weighted by Crippen LogP contribution is -2.71. The number of thiophene rings is 1. The molecule has 1 aromatic rings. The van der Waals surface area contributed by atoms with Gasteiger partial charge in [-0.2, -0.15) is 0 Å². The molecule has 128 valence electrons. The van der Waals surface area contributed by atoms with E-state index in [0.717, 1.165) is 25.7 Å². The van der Waals surface area contributed by atoms with Gasteiger partial charge in [-0.3, -0.25) is 4.74 Å². The Kier molecular flexibility index (Phi) is 5.20. The number of terminal acetylenes is 2. The van der Waals surface area contributed by atoms with Crippen molar-refractivity contribution < 1.29 is 22.3 Å². The Bertz CT molecular complexity index is 605. The summed E-state index contributed by atoms with van der Waals surface area (Å²) in [7, 11) is 1.50. The topological polar surface area (TPSA) is 49.7 Å². The van der Waals surface area contributed by atoms with Gasteiger partial charge in [-0.1, -0.05) is 31.8 Å². The van der Waals surface area contributed by atoms with E-state index in [1.54, 1.807) is 13.0 Å². The van der Waals surface area contributed by atoms with Gasteiger partial charge in [0.15, 0.2) is 12.1 Å². The average Bonchev–Trinajstić information content (AvgIpc) is 3.26. The fraction of sp³-hybridized carbons (Fsp3) is 0.556. The first-order valence-electron chi connectivity index (χ1n) is 7.84. The molecule has 0 amide bonds. The Labute approximate surface area is 145 Å². The molecule has 0 bridgehead atoms. The van der Waals surface area contributed by atoms with Gasteiger partial charge in [0.25, 0.3) is 0 Å². The number of hydrogen-bond donors (Lipinski definition) is 2. The first-order chi connectivity index (χ1) is 10.9. The van der Waals surface area contributed by atoms with Crippen LogP contribution in [0, 0.1) is 30.9 Å². The number of rotatable bonds is 6. The van der Waals surface area contributed by atoms with Gasteiger partial charge < -0.3 is 10.2 Å². The molecule has 0 aromatic carbocycles. The van der Waals surface area contributed by atoms with Crippen LogP contribution in [-0.4, -0.2) is 34.3 Å². The van der Waals surface area contributed by atoms with Gasteiger partial charge in [-0.15, -0.1) is 15.8 Å². The van der Waals surface area contributed by atoms with Crippen LogP contribution in [0.15, 0.2) is 17.5 Å². The molecular formula is C18H28NO3S+. The molecule has 1 heterocycles. The smallest absolute Gasteiger partial charge is 0.373 e. The summed E-state index contributed by atoms with van der Waals surface area (Å²) in [5, 5.41) is 25.1. The lowest BCUT2D eigenvalue weighted by Gasteiger charge is -2.48. The van der Waals surface area contributed by atoms with Gasteiger partial charge in [-0.05, 0) is 31.2 Å². The Hall–Kier alpha value is -1.34. The number of quaternary nitrogens is 1. The van der Waals surface area contributed by atoms with Crippen molar-refractivity contribution in [2.75, 3.05) is 13.7 Å². The first kappa shape index (κ1) is 18.0. The highest BCUT2D eigenvalue weighted by atomic mass is 32.1. The molecule has 0 aliphatic heterocycles. The Morgan fingerprint density at radius 1 is 1.39 bits per heavy atom. The highest BCUT2D eigenvalue weighted by Crippen LogP contribution is 2.51. The minimum absolute atomic E-state index is 0. The molecule has 1 saturated carbocycles. The predicted molar refractivity (Wildman–Crippen MR) is 94.8 cm³/mol. The minimum atomic E-state index is -2.12. The largest absolute Gasteiger partial charge is 0.377 e. The quantitative estimate of drug-likeness (QED) is 0.476. The minimum Gasteiger partial charge on any atom is -0.373 e. The van der Waals surface area contributed by atoms with Crippen molar-refractivity contribution in [1.82, 2.24) is 0 Å². The summed E-state index contributed by atoms with van der Waals surface area (Å²) in [5.74, 6) is -2.29. The third kappa shape index (κ3) is 2.59. The summed E-state index contributed by atoms with van der Waals surface area (Å²) in [4.78, 5) is 0.621. The van der Waals surface area contributed by atoms with E-state index in [1.165, 1.54) is 18.4 Å². The summed E-state index contributed by atoms with van der Waals surface area (Å²) in [6.45, 7) is 1.92. The van der Waals surface area contributed by atoms with Crippen LogP contribution in [-0.2, 0) is 10.3 Å². The molecule has 1 aromatic heterocycles. The van der Waals surface area contributed by atoms with Gasteiger partial charge in [0, 0.05) is 13.6 Å². The number of nitrogens with zero attached hydrogens (tertiary/aromatic N) is 1. The average molecular weight is 338 g/mol. The second-order valence-corrected chi connectivity index (χ2v) is 6.98. The van der Waals surface area contributed by atoms with Crippen LogP contribution < -0.4 is 0 Å². The van der Waals surface area contributed by atoms with E-state index in [1.807, 2.05) is 11.4 Å². The second-order valence-electron chi connectivity index (χ2n) is 6.03. The molecule has 23 heavy (non-hydrogen) atoms. The van der Waals surface area contributed by atoms with E-state index in [9.17, 15) is 10.2 Å². The van der Waals surface area contributed by atoms with Crippen LogP contribution >= 0.6 is 11.3 Å². The molecule has 2 N–H and O–H groups in total. The van der Waals surface area contributed by atoms with Crippen molar-refractivity contribution in [2.45, 2.75) is 44.1 Å². The molecule has 1 aliphatic carbocycles. The first-order valence-corrected chi connectivity index (χ1v) is 8.72. The molecule has 2 rings (SSSR count). The Morgan fingerprint density at radius 3 is 2.43 bits per heavy atom. The Balaban J connectivity index is 0.00000288. The van der Waals surface area contributed by atoms with E-state index in [-0.39, 0.29) is 15.4 Å². The highest BCUT2D eigenvalue weighted by Gasteiger charge is 2.68. The van der Waals surface area contributed by atoms with E-state index in [4.69, 9.17) is 17.6 Å². The Morgan fingerprint density at radius 2 is 2.00 bits per heavy atom. The van der Waals surface area contributed by atoms with Crippen LogP contribution in [0.3, 0.4) is 0 Å². The van der Waals surface area contributed by atoms with Crippen molar-refractivity contribution in [1.29, 1.82) is 0 Å². The van der Waals surface area contributed by atoms with Crippen molar-refractivity contribution in [3.63, 3.8) is 0 Å². The van der Waals surface area contributed by atoms with Crippen LogP contribution in [0.1, 0.15) is 40.3 Å². The normalized spacial score (nSPS) is 21.1. The lowest BCUT2D eigenvalue weighted by atomic mass is 9.79. The van der Waals surface area contributed by atoms with Crippen LogP contribution in [0.25, 0.3) is 0 Å². The maximum Gasteiger partial charge on any atom is 0.377 e. The van der Waals surface area contributed by atoms with Crippen LogP contribution in [0.4, 0.5) is 0 Å². The summed E-state index contributed by atoms with van der Waals surface area (Å²) in [5.41, 5.74) is -1.67. The highest BCUT2D eigenvalue weighted by molar-refractivity contribution is 7.10. The molecular weight excluding hydrogens is 310 g/mol. The molecule has 0 spiro atoms. The fourth-order valence-electron chi connectivity index (χ4n) is 3.46. The van der Waals surface area contributed by atoms with E-state index in [2.05, 4.69) is 12.1 Å². The zero-order valence-electron chi connectivity index (χ0n) is 13.7. The summed E-state index contributed by atoms with van der Waals surface area (Å²) < 4.78 is 5.00. The van der Waals surface area contributed by atoms with Gasteiger partial charge in [-0.25, -0.2) is 0 Å². The van der Waals surface area contributed by atoms with Crippen molar-refractivity contribution >= 4 is 11.3 Å². The van der Waals surface area contributed by atoms with Crippen molar-refractivity contribution in [3.8, 4) is 24.9 Å². The third-order valence-corrected chi connectivity index (χ3v) is 5.80. The zero-order valence-corrected chi connectivity index (χ0v) is 14.5. The maximum absolute atomic E-state index is 11.7. The van der Waals surface area contributed by atoms with Crippen LogP contribution in [0.2, 0.25) is 0 Å². The van der Waals surface area contributed by atoms with Gasteiger partial charge in [0.05, 0.1) is 13.7 Å². The van der Waals surface area contributed by atoms with Crippen LogP contribution in [0.5, 0.6) is 0 Å². The van der Waals surface area contributed by atoms with E-state index >= 15 is 0 Å². The molecule has 0 radical (unpaired) electrons. The SMILES string of the molecule is C#C[N+](C)(C#C)C(O)(OCC)C(O)(c1cccs1)C1CCCC1.[HH].[HH]. The third-order valence-electron chi connectivity index (χ3n) is 4.81. The predicted octanol–water partition coefficient (Wildman–Crippen LogP) is 2.93. The summed E-state index contributed by atoms with van der Waals surface area (Å²) in [6.07, 6.45) is 14.8. The summed E-state index contributed by atoms with van der Waals surface area (Å²) >= 11 is 1.37. The maximum atomic E-state index is 11.7. The lowest BCUT2D eigenvalue weighted by molar-refractivity contribution is -0.918. The molecule has 2 atom stereocenters. The van der Waals surface area contributed by atoms with Gasteiger partial charge >= 0.3 is 5.91 Å². The summed E-state index contributed by atoms with van der Waals surface area (Å²) in [6, 6.07) is 8.46. The van der Waals surface area contributed by atoms with Gasteiger partial charge in [0.2, 0.25) is 5.60 Å². The monoisotopic (exact) mass is 338 g/mol. The fourth-order valence-corrected chi connectivity index (χ4v) is 4.40. The number of ether oxygens (including phenoxy) is 1. The molecule has 5 heteroatoms. The van der Waals surface area contributed by atoms with E-state index in [0.29, 0.717) is 4.88 Å². The van der Waals surface area contributed by atoms with E-state index < -0.39 is 16.0 Å². The number of likely N-dealkylation sites (N-methyl/N-ethyl adjacent to an activating group) is 1. The molecule has 0 saturated heterocycles. The van der Waals surface area contributed by atoms with Gasteiger partial charge in [0.1, 0.15) is 0 Å². The second kappa shape index (κ2) is 6.65. The number of aliphatic hydroxyl groups is 2. The zero-order chi connectivity index (χ0) is 17.1. The molecule has 4 nitrogen and oxygen atoms in total. The van der Waals surface area contributed by atoms with Crippen molar-refractivity contribution in [3.05, 3.63) is 22.4 Å². The number of hydrogen-bond acceptors (Lipinski definition) is 4. The molecule has 2 unspecified atom stereocenters. The molecule has 1 fully saturated rings. The molecule has 1 aliphatic rings. The van der Waals surface area contributed by atoms with Crippen molar-refractivity contribution in [2.24, 2.45) is 5.92 Å².